The Morgan fingerprint density at radius 2 is 1.83 bits per heavy atom. The number of methoxy groups -OCH3 is 1. The highest BCUT2D eigenvalue weighted by Gasteiger charge is 2.27. The van der Waals surface area contributed by atoms with E-state index in [0.29, 0.717) is 5.56 Å². The maximum Gasteiger partial charge on any atom is 0.337 e. The van der Waals surface area contributed by atoms with Crippen molar-refractivity contribution in [3.05, 3.63) is 65.2 Å². The fourth-order valence-electron chi connectivity index (χ4n) is 2.82. The third kappa shape index (κ3) is 3.13. The Kier molecular flexibility index (Phi) is 4.19. The number of sulfonamides is 1. The largest absolute Gasteiger partial charge is 0.465 e. The average molecular weight is 331 g/mol. The lowest BCUT2D eigenvalue weighted by Crippen LogP contribution is -2.27. The average Bonchev–Trinajstić information content (AvgIpc) is 2.97. The molecular weight excluding hydrogens is 314 g/mol. The fraction of sp³-hybridized carbons (Fsp3) is 0.235. The van der Waals surface area contributed by atoms with Gasteiger partial charge >= 0.3 is 5.97 Å². The number of hydrogen-bond acceptors (Lipinski definition) is 4. The minimum Gasteiger partial charge on any atom is -0.465 e. The van der Waals surface area contributed by atoms with Crippen molar-refractivity contribution in [1.29, 1.82) is 0 Å². The zero-order chi connectivity index (χ0) is 16.4. The predicted molar refractivity (Wildman–Crippen MR) is 85.6 cm³/mol. The normalized spacial score (nSPS) is 16.8. The topological polar surface area (TPSA) is 72.5 Å². The highest BCUT2D eigenvalue weighted by atomic mass is 32.2. The molecule has 0 spiro atoms. The zero-order valence-corrected chi connectivity index (χ0v) is 13.5. The van der Waals surface area contributed by atoms with Gasteiger partial charge < -0.3 is 4.74 Å². The number of nitrogens with one attached hydrogen (secondary N) is 1. The molecule has 1 aliphatic rings. The van der Waals surface area contributed by atoms with Crippen LogP contribution in [0.1, 0.15) is 33.9 Å². The van der Waals surface area contributed by atoms with Crippen LogP contribution in [-0.2, 0) is 21.2 Å². The molecule has 0 aromatic heterocycles. The number of esters is 1. The van der Waals surface area contributed by atoms with E-state index in [2.05, 4.69) is 9.46 Å². The van der Waals surface area contributed by atoms with Gasteiger partial charge in [0.2, 0.25) is 10.0 Å². The number of ether oxygens (including phenoxy) is 1. The summed E-state index contributed by atoms with van der Waals surface area (Å²) in [5, 5.41) is 0. The smallest absolute Gasteiger partial charge is 0.337 e. The van der Waals surface area contributed by atoms with E-state index in [4.69, 9.17) is 0 Å². The first-order valence-corrected chi connectivity index (χ1v) is 8.78. The van der Waals surface area contributed by atoms with Crippen LogP contribution >= 0.6 is 0 Å². The molecule has 1 atom stereocenters. The maximum absolute atomic E-state index is 12.5. The molecule has 2 aromatic rings. The summed E-state index contributed by atoms with van der Waals surface area (Å²) < 4.78 is 32.4. The van der Waals surface area contributed by atoms with Gasteiger partial charge in [-0.3, -0.25) is 0 Å². The van der Waals surface area contributed by atoms with Crippen LogP contribution in [0.2, 0.25) is 0 Å². The number of aryl methyl sites for hydroxylation is 1. The molecule has 3 rings (SSSR count). The highest BCUT2D eigenvalue weighted by molar-refractivity contribution is 7.89. The van der Waals surface area contributed by atoms with Gasteiger partial charge in [-0.2, -0.15) is 0 Å². The third-order valence-electron chi connectivity index (χ3n) is 4.02. The molecule has 0 heterocycles. The molecule has 0 saturated heterocycles. The second-order valence-corrected chi connectivity index (χ2v) is 7.14. The van der Waals surface area contributed by atoms with Crippen LogP contribution in [0.3, 0.4) is 0 Å². The number of carbonyl (C=O) groups excluding carboxylic acids is 1. The van der Waals surface area contributed by atoms with E-state index in [1.807, 2.05) is 24.3 Å². The third-order valence-corrected chi connectivity index (χ3v) is 5.50. The van der Waals surface area contributed by atoms with Gasteiger partial charge in [-0.05, 0) is 48.2 Å². The monoisotopic (exact) mass is 331 g/mol. The molecule has 2 aromatic carbocycles. The summed E-state index contributed by atoms with van der Waals surface area (Å²) in [7, 11) is -2.35. The quantitative estimate of drug-likeness (QED) is 0.874. The molecule has 0 saturated carbocycles. The number of benzene rings is 2. The van der Waals surface area contributed by atoms with E-state index in [1.54, 1.807) is 0 Å². The molecule has 0 aliphatic heterocycles. The first kappa shape index (κ1) is 15.7. The Morgan fingerprint density at radius 3 is 2.52 bits per heavy atom. The molecule has 0 amide bonds. The van der Waals surface area contributed by atoms with Crippen molar-refractivity contribution in [2.24, 2.45) is 0 Å². The van der Waals surface area contributed by atoms with Gasteiger partial charge in [-0.15, -0.1) is 0 Å². The van der Waals surface area contributed by atoms with Crippen LogP contribution in [0.25, 0.3) is 0 Å². The van der Waals surface area contributed by atoms with E-state index in [9.17, 15) is 13.2 Å². The van der Waals surface area contributed by atoms with Crippen LogP contribution < -0.4 is 4.72 Å². The van der Waals surface area contributed by atoms with Gasteiger partial charge in [0.25, 0.3) is 0 Å². The fourth-order valence-corrected chi connectivity index (χ4v) is 4.07. The van der Waals surface area contributed by atoms with E-state index in [0.717, 1.165) is 18.4 Å². The second-order valence-electron chi connectivity index (χ2n) is 5.43. The van der Waals surface area contributed by atoms with Crippen LogP contribution in [-0.4, -0.2) is 21.5 Å². The summed E-state index contributed by atoms with van der Waals surface area (Å²) in [6.45, 7) is 0. The van der Waals surface area contributed by atoms with E-state index >= 15 is 0 Å². The Labute approximate surface area is 135 Å². The first-order valence-electron chi connectivity index (χ1n) is 7.30. The zero-order valence-electron chi connectivity index (χ0n) is 12.7. The van der Waals surface area contributed by atoms with E-state index in [1.165, 1.54) is 36.9 Å². The second kappa shape index (κ2) is 6.14. The van der Waals surface area contributed by atoms with Crippen LogP contribution in [0.15, 0.2) is 53.4 Å². The summed E-state index contributed by atoms with van der Waals surface area (Å²) >= 11 is 0. The van der Waals surface area contributed by atoms with Crippen molar-refractivity contribution in [3.63, 3.8) is 0 Å². The maximum atomic E-state index is 12.5. The number of rotatable bonds is 4. The highest BCUT2D eigenvalue weighted by Crippen LogP contribution is 2.32. The molecule has 1 N–H and O–H groups in total. The molecule has 5 nitrogen and oxygen atoms in total. The Bertz CT molecular complexity index is 828. The molecule has 6 heteroatoms. The van der Waals surface area contributed by atoms with Gasteiger partial charge in [0.1, 0.15) is 0 Å². The minimum absolute atomic E-state index is 0.134. The van der Waals surface area contributed by atoms with Gasteiger partial charge in [0.15, 0.2) is 0 Å². The van der Waals surface area contributed by atoms with Crippen molar-refractivity contribution < 1.29 is 17.9 Å². The molecule has 0 bridgehead atoms. The van der Waals surface area contributed by atoms with Gasteiger partial charge in [0, 0.05) is 6.04 Å². The van der Waals surface area contributed by atoms with Crippen LogP contribution in [0.4, 0.5) is 0 Å². The van der Waals surface area contributed by atoms with Gasteiger partial charge in [-0.1, -0.05) is 24.3 Å². The summed E-state index contributed by atoms with van der Waals surface area (Å²) in [6, 6.07) is 13.4. The van der Waals surface area contributed by atoms with Crippen LogP contribution in [0.5, 0.6) is 0 Å². The van der Waals surface area contributed by atoms with Crippen molar-refractivity contribution in [2.75, 3.05) is 7.11 Å². The van der Waals surface area contributed by atoms with Crippen LogP contribution in [0, 0.1) is 0 Å². The standard InChI is InChI=1S/C17H17NO4S/c1-22-17(19)13-6-9-14(10-7-13)23(20,21)18-16-11-8-12-4-2-3-5-15(12)16/h2-7,9-10,16,18H,8,11H2,1H3/t16-/m1/s1. The van der Waals surface area contributed by atoms with E-state index < -0.39 is 16.0 Å². The number of carbonyl (C=O) groups is 1. The number of hydrogen-bond donors (Lipinski definition) is 1. The van der Waals surface area contributed by atoms with Crippen molar-refractivity contribution in [1.82, 2.24) is 4.72 Å². The SMILES string of the molecule is COC(=O)c1ccc(S(=O)(=O)N[C@@H]2CCc3ccccc32)cc1. The molecule has 120 valence electrons. The summed E-state index contributed by atoms with van der Waals surface area (Å²) in [6.07, 6.45) is 1.61. The minimum atomic E-state index is -3.64. The Hall–Kier alpha value is -2.18. The molecule has 0 fully saturated rings. The Morgan fingerprint density at radius 1 is 1.13 bits per heavy atom. The first-order chi connectivity index (χ1) is 11.0. The van der Waals surface area contributed by atoms with Crippen molar-refractivity contribution >= 4 is 16.0 Å². The molecule has 1 aliphatic carbocycles. The van der Waals surface area contributed by atoms with Gasteiger partial charge in [0.05, 0.1) is 17.6 Å². The molecule has 23 heavy (non-hydrogen) atoms. The molecular formula is C17H17NO4S. The Balaban J connectivity index is 1.81. The summed E-state index contributed by atoms with van der Waals surface area (Å²) in [5.41, 5.74) is 2.53. The lowest BCUT2D eigenvalue weighted by Gasteiger charge is -2.14. The summed E-state index contributed by atoms with van der Waals surface area (Å²) in [5.74, 6) is -0.494. The summed E-state index contributed by atoms with van der Waals surface area (Å²) in [4.78, 5) is 11.5. The lowest BCUT2D eigenvalue weighted by molar-refractivity contribution is 0.0600. The molecule has 0 radical (unpaired) electrons. The lowest BCUT2D eigenvalue weighted by atomic mass is 10.1. The van der Waals surface area contributed by atoms with Gasteiger partial charge in [-0.25, -0.2) is 17.9 Å². The molecule has 0 unspecified atom stereocenters. The van der Waals surface area contributed by atoms with E-state index in [-0.39, 0.29) is 10.9 Å². The van der Waals surface area contributed by atoms with Crippen molar-refractivity contribution in [2.45, 2.75) is 23.8 Å². The predicted octanol–water partition coefficient (Wildman–Crippen LogP) is 2.44. The number of fused-ring (bicyclic) bond motifs is 1. The van der Waals surface area contributed by atoms with Crippen molar-refractivity contribution in [3.8, 4) is 0 Å².